The van der Waals surface area contributed by atoms with Gasteiger partial charge in [-0.1, -0.05) is 36.4 Å². The monoisotopic (exact) mass is 357 g/mol. The van der Waals surface area contributed by atoms with Crippen LogP contribution in [0.4, 0.5) is 11.4 Å². The van der Waals surface area contributed by atoms with Gasteiger partial charge in [0.1, 0.15) is 5.69 Å². The normalized spacial score (nSPS) is 11.7. The Morgan fingerprint density at radius 1 is 1.23 bits per heavy atom. The van der Waals surface area contributed by atoms with E-state index in [4.69, 9.17) is 4.74 Å². The molecule has 26 heavy (non-hydrogen) atoms. The standard InChI is InChI=1S/C19H23N3O4/c1-13-9-10-16(22(24)25)18(17(13)19(23)26-3)21-11-14(2)20-12-15-7-5-4-6-8-15/h4-10,14,20-21H,11-12H2,1-3H3/t14-/m0/s1. The lowest BCUT2D eigenvalue weighted by Crippen LogP contribution is -2.32. The molecule has 0 aliphatic carbocycles. The van der Waals surface area contributed by atoms with Crippen LogP contribution in [0, 0.1) is 17.0 Å². The van der Waals surface area contributed by atoms with Gasteiger partial charge in [-0.15, -0.1) is 0 Å². The van der Waals surface area contributed by atoms with Crippen molar-refractivity contribution in [3.8, 4) is 0 Å². The summed E-state index contributed by atoms with van der Waals surface area (Å²) < 4.78 is 4.79. The highest BCUT2D eigenvalue weighted by Gasteiger charge is 2.24. The van der Waals surface area contributed by atoms with Crippen LogP contribution in [0.1, 0.15) is 28.4 Å². The molecule has 0 aliphatic heterocycles. The average Bonchev–Trinajstić information content (AvgIpc) is 2.64. The molecular weight excluding hydrogens is 334 g/mol. The number of ether oxygens (including phenoxy) is 1. The zero-order chi connectivity index (χ0) is 19.1. The Bertz CT molecular complexity index is 778. The van der Waals surface area contributed by atoms with Crippen molar-refractivity contribution in [2.45, 2.75) is 26.4 Å². The van der Waals surface area contributed by atoms with E-state index in [0.717, 1.165) is 5.56 Å². The molecule has 2 aromatic carbocycles. The summed E-state index contributed by atoms with van der Waals surface area (Å²) >= 11 is 0. The third-order valence-electron chi connectivity index (χ3n) is 4.06. The van der Waals surface area contributed by atoms with Crippen molar-refractivity contribution in [2.24, 2.45) is 0 Å². The van der Waals surface area contributed by atoms with Gasteiger partial charge in [-0.3, -0.25) is 10.1 Å². The third-order valence-corrected chi connectivity index (χ3v) is 4.06. The molecule has 138 valence electrons. The van der Waals surface area contributed by atoms with Gasteiger partial charge in [0.2, 0.25) is 0 Å². The minimum absolute atomic E-state index is 0.0285. The molecule has 1 atom stereocenters. The number of nitro benzene ring substituents is 1. The van der Waals surface area contributed by atoms with E-state index < -0.39 is 10.9 Å². The molecule has 0 bridgehead atoms. The molecular formula is C19H23N3O4. The summed E-state index contributed by atoms with van der Waals surface area (Å²) in [6, 6.07) is 12.9. The number of rotatable bonds is 8. The molecule has 0 radical (unpaired) electrons. The zero-order valence-corrected chi connectivity index (χ0v) is 15.1. The van der Waals surface area contributed by atoms with E-state index in [0.29, 0.717) is 18.7 Å². The molecule has 7 nitrogen and oxygen atoms in total. The van der Waals surface area contributed by atoms with Crippen LogP contribution in [0.25, 0.3) is 0 Å². The summed E-state index contributed by atoms with van der Waals surface area (Å²) in [5.74, 6) is -0.599. The van der Waals surface area contributed by atoms with Crippen LogP contribution in [0.2, 0.25) is 0 Å². The molecule has 0 fully saturated rings. The number of methoxy groups -OCH3 is 1. The quantitative estimate of drug-likeness (QED) is 0.428. The Hall–Kier alpha value is -2.93. The van der Waals surface area contributed by atoms with Gasteiger partial charge in [0.15, 0.2) is 0 Å². The van der Waals surface area contributed by atoms with Gasteiger partial charge in [0, 0.05) is 25.2 Å². The summed E-state index contributed by atoms with van der Waals surface area (Å²) in [5, 5.41) is 17.7. The first-order valence-corrected chi connectivity index (χ1v) is 8.31. The van der Waals surface area contributed by atoms with E-state index in [1.807, 2.05) is 37.3 Å². The molecule has 0 saturated heterocycles. The van der Waals surface area contributed by atoms with Crippen LogP contribution in [-0.4, -0.2) is 30.6 Å². The second-order valence-corrected chi connectivity index (χ2v) is 6.05. The highest BCUT2D eigenvalue weighted by molar-refractivity contribution is 5.99. The van der Waals surface area contributed by atoms with Gasteiger partial charge >= 0.3 is 5.97 Å². The Morgan fingerprint density at radius 2 is 1.92 bits per heavy atom. The number of benzene rings is 2. The van der Waals surface area contributed by atoms with Crippen LogP contribution in [-0.2, 0) is 11.3 Å². The van der Waals surface area contributed by atoms with Gasteiger partial charge in [-0.05, 0) is 25.0 Å². The van der Waals surface area contributed by atoms with Crippen molar-refractivity contribution in [1.29, 1.82) is 0 Å². The maximum Gasteiger partial charge on any atom is 0.340 e. The van der Waals surface area contributed by atoms with Gasteiger partial charge in [0.05, 0.1) is 17.6 Å². The molecule has 2 N–H and O–H groups in total. The number of aryl methyl sites for hydroxylation is 1. The summed E-state index contributed by atoms with van der Waals surface area (Å²) in [6.45, 7) is 4.79. The second-order valence-electron chi connectivity index (χ2n) is 6.05. The van der Waals surface area contributed by atoms with Crippen molar-refractivity contribution < 1.29 is 14.5 Å². The van der Waals surface area contributed by atoms with E-state index in [1.54, 1.807) is 13.0 Å². The Labute approximate surface area is 152 Å². The number of nitrogens with one attached hydrogen (secondary N) is 2. The van der Waals surface area contributed by atoms with Crippen molar-refractivity contribution in [3.63, 3.8) is 0 Å². The molecule has 0 spiro atoms. The van der Waals surface area contributed by atoms with Crippen molar-refractivity contribution >= 4 is 17.3 Å². The van der Waals surface area contributed by atoms with E-state index in [9.17, 15) is 14.9 Å². The molecule has 2 aromatic rings. The van der Waals surface area contributed by atoms with E-state index in [2.05, 4.69) is 10.6 Å². The molecule has 0 unspecified atom stereocenters. The van der Waals surface area contributed by atoms with Crippen LogP contribution in [0.5, 0.6) is 0 Å². The number of nitrogens with zero attached hydrogens (tertiary/aromatic N) is 1. The highest BCUT2D eigenvalue weighted by atomic mass is 16.6. The van der Waals surface area contributed by atoms with Crippen LogP contribution >= 0.6 is 0 Å². The fourth-order valence-electron chi connectivity index (χ4n) is 2.61. The van der Waals surface area contributed by atoms with Gasteiger partial charge in [-0.2, -0.15) is 0 Å². The highest BCUT2D eigenvalue weighted by Crippen LogP contribution is 2.31. The van der Waals surface area contributed by atoms with Crippen molar-refractivity contribution in [1.82, 2.24) is 5.32 Å². The fraction of sp³-hybridized carbons (Fsp3) is 0.316. The number of esters is 1. The number of carbonyl (C=O) groups is 1. The number of anilines is 1. The first-order valence-electron chi connectivity index (χ1n) is 8.31. The lowest BCUT2D eigenvalue weighted by Gasteiger charge is -2.18. The van der Waals surface area contributed by atoms with E-state index in [-0.39, 0.29) is 23.0 Å². The molecule has 0 aromatic heterocycles. The maximum absolute atomic E-state index is 12.1. The molecule has 7 heteroatoms. The van der Waals surface area contributed by atoms with E-state index >= 15 is 0 Å². The first-order chi connectivity index (χ1) is 12.4. The van der Waals surface area contributed by atoms with Gasteiger partial charge < -0.3 is 15.4 Å². The zero-order valence-electron chi connectivity index (χ0n) is 15.1. The summed E-state index contributed by atoms with van der Waals surface area (Å²) in [4.78, 5) is 22.9. The summed E-state index contributed by atoms with van der Waals surface area (Å²) in [5.41, 5.74) is 2.00. The SMILES string of the molecule is COC(=O)c1c(C)ccc([N+](=O)[O-])c1NC[C@H](C)NCc1ccccc1. The topological polar surface area (TPSA) is 93.5 Å². The van der Waals surface area contributed by atoms with Crippen molar-refractivity contribution in [2.75, 3.05) is 19.0 Å². The van der Waals surface area contributed by atoms with Gasteiger partial charge in [-0.25, -0.2) is 4.79 Å². The predicted molar refractivity (Wildman–Crippen MR) is 100 cm³/mol. The van der Waals surface area contributed by atoms with Crippen LogP contribution in [0.15, 0.2) is 42.5 Å². The lowest BCUT2D eigenvalue weighted by molar-refractivity contribution is -0.384. The Kier molecular flexibility index (Phi) is 6.68. The van der Waals surface area contributed by atoms with Crippen LogP contribution in [0.3, 0.4) is 0 Å². The summed E-state index contributed by atoms with van der Waals surface area (Å²) in [7, 11) is 1.26. The smallest absolute Gasteiger partial charge is 0.340 e. The third kappa shape index (κ3) is 4.80. The number of carbonyl (C=O) groups excluding carboxylic acids is 1. The van der Waals surface area contributed by atoms with Gasteiger partial charge in [0.25, 0.3) is 5.69 Å². The van der Waals surface area contributed by atoms with E-state index in [1.165, 1.54) is 13.2 Å². The number of hydrogen-bond donors (Lipinski definition) is 2. The van der Waals surface area contributed by atoms with Crippen molar-refractivity contribution in [3.05, 3.63) is 69.3 Å². The molecule has 0 amide bonds. The molecule has 2 rings (SSSR count). The number of nitro groups is 1. The Morgan fingerprint density at radius 3 is 2.54 bits per heavy atom. The lowest BCUT2D eigenvalue weighted by atomic mass is 10.0. The fourth-order valence-corrected chi connectivity index (χ4v) is 2.61. The molecule has 0 heterocycles. The second kappa shape index (κ2) is 8.96. The average molecular weight is 357 g/mol. The first kappa shape index (κ1) is 19.4. The summed E-state index contributed by atoms with van der Waals surface area (Å²) in [6.07, 6.45) is 0. The Balaban J connectivity index is 2.13. The molecule has 0 saturated carbocycles. The van der Waals surface area contributed by atoms with Crippen LogP contribution < -0.4 is 10.6 Å². The maximum atomic E-state index is 12.1. The number of hydrogen-bond acceptors (Lipinski definition) is 6. The predicted octanol–water partition coefficient (Wildman–Crippen LogP) is 3.28. The minimum atomic E-state index is -0.599. The molecule has 0 aliphatic rings. The minimum Gasteiger partial charge on any atom is -0.465 e. The largest absolute Gasteiger partial charge is 0.465 e.